The molecule has 0 fully saturated rings. The summed E-state index contributed by atoms with van der Waals surface area (Å²) in [5.74, 6) is 0.881. The summed E-state index contributed by atoms with van der Waals surface area (Å²) in [5.41, 5.74) is 1.90. The second kappa shape index (κ2) is 5.35. The van der Waals surface area contributed by atoms with Crippen LogP contribution in [0.2, 0.25) is 0 Å². The number of ketones is 1. The van der Waals surface area contributed by atoms with Crippen LogP contribution in [0.15, 0.2) is 18.2 Å². The fraction of sp³-hybridized carbons (Fsp3) is 0.533. The molecule has 2 nitrogen and oxygen atoms in total. The van der Waals surface area contributed by atoms with E-state index in [0.29, 0.717) is 17.7 Å². The van der Waals surface area contributed by atoms with Crippen molar-refractivity contribution in [2.75, 3.05) is 7.11 Å². The van der Waals surface area contributed by atoms with Crippen LogP contribution in [0.25, 0.3) is 0 Å². The van der Waals surface area contributed by atoms with E-state index >= 15 is 0 Å². The van der Waals surface area contributed by atoms with Gasteiger partial charge >= 0.3 is 0 Å². The quantitative estimate of drug-likeness (QED) is 0.736. The van der Waals surface area contributed by atoms with E-state index in [4.69, 9.17) is 4.74 Å². The van der Waals surface area contributed by atoms with Gasteiger partial charge in [-0.25, -0.2) is 0 Å². The Balaban J connectivity index is 2.86. The Kier molecular flexibility index (Phi) is 4.33. The number of hydrogen-bond donors (Lipinski definition) is 0. The first kappa shape index (κ1) is 13.8. The molecule has 0 spiro atoms. The minimum Gasteiger partial charge on any atom is -0.496 e. The highest BCUT2D eigenvalue weighted by molar-refractivity contribution is 5.99. The van der Waals surface area contributed by atoms with E-state index in [0.717, 1.165) is 12.0 Å². The maximum absolute atomic E-state index is 12.1. The molecule has 0 atom stereocenters. The molecule has 0 bridgehead atoms. The van der Waals surface area contributed by atoms with Crippen molar-refractivity contribution in [2.24, 2.45) is 5.41 Å². The zero-order valence-corrected chi connectivity index (χ0v) is 11.5. The van der Waals surface area contributed by atoms with Crippen LogP contribution < -0.4 is 4.74 Å². The summed E-state index contributed by atoms with van der Waals surface area (Å²) < 4.78 is 5.31. The van der Waals surface area contributed by atoms with Gasteiger partial charge < -0.3 is 4.74 Å². The zero-order chi connectivity index (χ0) is 13.1. The molecule has 94 valence electrons. The summed E-state index contributed by atoms with van der Waals surface area (Å²) in [7, 11) is 1.61. The number of carbonyl (C=O) groups is 1. The lowest BCUT2D eigenvalue weighted by atomic mass is 9.88. The third kappa shape index (κ3) is 3.88. The number of benzene rings is 1. The van der Waals surface area contributed by atoms with Crippen molar-refractivity contribution in [3.63, 3.8) is 0 Å². The van der Waals surface area contributed by atoms with Crippen LogP contribution in [-0.4, -0.2) is 12.9 Å². The topological polar surface area (TPSA) is 26.3 Å². The van der Waals surface area contributed by atoms with Gasteiger partial charge in [0.15, 0.2) is 5.78 Å². The average molecular weight is 234 g/mol. The monoisotopic (exact) mass is 234 g/mol. The first-order valence-electron chi connectivity index (χ1n) is 6.02. The van der Waals surface area contributed by atoms with E-state index in [1.165, 1.54) is 0 Å². The molecule has 1 aromatic carbocycles. The molecule has 0 N–H and O–H groups in total. The molecule has 0 unspecified atom stereocenters. The molecule has 1 rings (SSSR count). The Hall–Kier alpha value is -1.31. The molecule has 0 radical (unpaired) electrons. The van der Waals surface area contributed by atoms with Gasteiger partial charge in [-0.05, 0) is 30.4 Å². The van der Waals surface area contributed by atoms with Crippen molar-refractivity contribution in [1.82, 2.24) is 0 Å². The number of hydrogen-bond acceptors (Lipinski definition) is 2. The molecule has 17 heavy (non-hydrogen) atoms. The van der Waals surface area contributed by atoms with Crippen molar-refractivity contribution in [1.29, 1.82) is 0 Å². The zero-order valence-electron chi connectivity index (χ0n) is 11.5. The maximum atomic E-state index is 12.1. The molecule has 0 aliphatic heterocycles. The maximum Gasteiger partial charge on any atom is 0.166 e. The number of Topliss-reactive ketones (excluding diaryl/α,β-unsaturated/α-hetero) is 1. The summed E-state index contributed by atoms with van der Waals surface area (Å²) in [6.45, 7) is 8.40. The Bertz CT molecular complexity index is 400. The van der Waals surface area contributed by atoms with Crippen LogP contribution in [0.3, 0.4) is 0 Å². The first-order chi connectivity index (χ1) is 7.85. The molecule has 1 aromatic rings. The summed E-state index contributed by atoms with van der Waals surface area (Å²) in [6.07, 6.45) is 1.46. The van der Waals surface area contributed by atoms with Gasteiger partial charge in [-0.1, -0.05) is 32.9 Å². The molecule has 0 amide bonds. The van der Waals surface area contributed by atoms with E-state index in [-0.39, 0.29) is 11.2 Å². The molecular formula is C15H22O2. The Morgan fingerprint density at radius 2 is 1.94 bits per heavy atom. The van der Waals surface area contributed by atoms with Gasteiger partial charge in [-0.3, -0.25) is 4.79 Å². The van der Waals surface area contributed by atoms with E-state index in [9.17, 15) is 4.79 Å². The molecule has 0 saturated heterocycles. The summed E-state index contributed by atoms with van der Waals surface area (Å²) >= 11 is 0. The number of ether oxygens (including phenoxy) is 1. The van der Waals surface area contributed by atoms with Crippen molar-refractivity contribution in [3.8, 4) is 5.75 Å². The van der Waals surface area contributed by atoms with Gasteiger partial charge in [0.1, 0.15) is 5.75 Å². The molecular weight excluding hydrogens is 212 g/mol. The van der Waals surface area contributed by atoms with E-state index in [2.05, 4.69) is 20.8 Å². The summed E-state index contributed by atoms with van der Waals surface area (Å²) in [4.78, 5) is 12.1. The van der Waals surface area contributed by atoms with Gasteiger partial charge in [-0.15, -0.1) is 0 Å². The third-order valence-corrected chi connectivity index (χ3v) is 2.82. The van der Waals surface area contributed by atoms with Crippen LogP contribution in [-0.2, 0) is 0 Å². The first-order valence-corrected chi connectivity index (χ1v) is 6.02. The minimum absolute atomic E-state index is 0.167. The molecule has 0 heterocycles. The summed E-state index contributed by atoms with van der Waals surface area (Å²) in [5, 5.41) is 0. The van der Waals surface area contributed by atoms with E-state index in [1.54, 1.807) is 7.11 Å². The van der Waals surface area contributed by atoms with Crippen molar-refractivity contribution in [3.05, 3.63) is 29.3 Å². The molecule has 0 aromatic heterocycles. The molecule has 0 saturated carbocycles. The second-order valence-electron chi connectivity index (χ2n) is 5.64. The predicted octanol–water partition coefficient (Wildman–Crippen LogP) is 4.01. The molecule has 2 heteroatoms. The average Bonchev–Trinajstić information content (AvgIpc) is 2.24. The standard InChI is InChI=1S/C15H22O2/c1-11-7-6-8-12(14(11)17-5)13(16)9-10-15(2,3)4/h6-8H,9-10H2,1-5H3. The summed E-state index contributed by atoms with van der Waals surface area (Å²) in [6, 6.07) is 5.71. The fourth-order valence-electron chi connectivity index (χ4n) is 1.77. The Morgan fingerprint density at radius 3 is 2.47 bits per heavy atom. The lowest BCUT2D eigenvalue weighted by Crippen LogP contribution is -2.10. The van der Waals surface area contributed by atoms with Crippen molar-refractivity contribution >= 4 is 5.78 Å². The second-order valence-corrected chi connectivity index (χ2v) is 5.64. The largest absolute Gasteiger partial charge is 0.496 e. The number of methoxy groups -OCH3 is 1. The van der Waals surface area contributed by atoms with Gasteiger partial charge in [0.2, 0.25) is 0 Å². The highest BCUT2D eigenvalue weighted by Gasteiger charge is 2.17. The van der Waals surface area contributed by atoms with Crippen LogP contribution in [0.5, 0.6) is 5.75 Å². The minimum atomic E-state index is 0.167. The smallest absolute Gasteiger partial charge is 0.166 e. The molecule has 0 aliphatic rings. The van der Waals surface area contributed by atoms with Crippen LogP contribution in [0.1, 0.15) is 49.5 Å². The normalized spacial score (nSPS) is 11.4. The number of carbonyl (C=O) groups excluding carboxylic acids is 1. The van der Waals surface area contributed by atoms with Crippen molar-refractivity contribution < 1.29 is 9.53 Å². The highest BCUT2D eigenvalue weighted by Crippen LogP contribution is 2.27. The van der Waals surface area contributed by atoms with Gasteiger partial charge in [-0.2, -0.15) is 0 Å². The lowest BCUT2D eigenvalue weighted by Gasteiger charge is -2.17. The predicted molar refractivity (Wildman–Crippen MR) is 70.8 cm³/mol. The Morgan fingerprint density at radius 1 is 1.29 bits per heavy atom. The number of para-hydroxylation sites is 1. The van der Waals surface area contributed by atoms with Gasteiger partial charge in [0.25, 0.3) is 0 Å². The SMILES string of the molecule is COc1c(C)cccc1C(=O)CCC(C)(C)C. The van der Waals surface area contributed by atoms with E-state index < -0.39 is 0 Å². The number of rotatable bonds is 4. The lowest BCUT2D eigenvalue weighted by molar-refractivity contribution is 0.0963. The van der Waals surface area contributed by atoms with Crippen LogP contribution >= 0.6 is 0 Å². The van der Waals surface area contributed by atoms with E-state index in [1.807, 2.05) is 25.1 Å². The number of aryl methyl sites for hydroxylation is 1. The fourth-order valence-corrected chi connectivity index (χ4v) is 1.77. The van der Waals surface area contributed by atoms with Crippen LogP contribution in [0, 0.1) is 12.3 Å². The van der Waals surface area contributed by atoms with Gasteiger partial charge in [0, 0.05) is 6.42 Å². The van der Waals surface area contributed by atoms with Gasteiger partial charge in [0.05, 0.1) is 12.7 Å². The van der Waals surface area contributed by atoms with Crippen molar-refractivity contribution in [2.45, 2.75) is 40.5 Å². The third-order valence-electron chi connectivity index (χ3n) is 2.82. The molecule has 0 aliphatic carbocycles. The van der Waals surface area contributed by atoms with Crippen LogP contribution in [0.4, 0.5) is 0 Å². The highest BCUT2D eigenvalue weighted by atomic mass is 16.5. The Labute approximate surface area is 104 Å².